The SMILES string of the molecule is COC1C=C(/C=C/C(=O)Cl)C=CC1(O)OC(C)=O. The third kappa shape index (κ3) is 3.80. The van der Waals surface area contributed by atoms with Crippen molar-refractivity contribution in [3.8, 4) is 0 Å². The molecule has 18 heavy (non-hydrogen) atoms. The van der Waals surface area contributed by atoms with E-state index in [0.29, 0.717) is 5.57 Å². The van der Waals surface area contributed by atoms with Crippen molar-refractivity contribution in [2.24, 2.45) is 0 Å². The summed E-state index contributed by atoms with van der Waals surface area (Å²) in [6, 6.07) is 0. The molecule has 0 aromatic carbocycles. The van der Waals surface area contributed by atoms with Crippen LogP contribution in [0, 0.1) is 0 Å². The molecule has 0 spiro atoms. The van der Waals surface area contributed by atoms with E-state index in [9.17, 15) is 14.7 Å². The number of rotatable bonds is 4. The Balaban J connectivity index is 2.91. The Labute approximate surface area is 109 Å². The first-order valence-electron chi connectivity index (χ1n) is 5.11. The van der Waals surface area contributed by atoms with E-state index < -0.39 is 23.1 Å². The summed E-state index contributed by atoms with van der Waals surface area (Å²) in [5, 5.41) is 9.47. The predicted molar refractivity (Wildman–Crippen MR) is 64.7 cm³/mol. The number of esters is 1. The second-order valence-corrected chi connectivity index (χ2v) is 4.01. The van der Waals surface area contributed by atoms with Gasteiger partial charge in [-0.1, -0.05) is 12.2 Å². The smallest absolute Gasteiger partial charge is 0.305 e. The highest BCUT2D eigenvalue weighted by molar-refractivity contribution is 6.66. The molecule has 0 heterocycles. The lowest BCUT2D eigenvalue weighted by atomic mass is 9.98. The summed E-state index contributed by atoms with van der Waals surface area (Å²) in [5.41, 5.74) is 0.604. The topological polar surface area (TPSA) is 72.8 Å². The highest BCUT2D eigenvalue weighted by atomic mass is 35.5. The molecule has 0 aliphatic heterocycles. The normalized spacial score (nSPS) is 27.1. The molecule has 0 saturated heterocycles. The number of hydrogen-bond acceptors (Lipinski definition) is 5. The zero-order valence-corrected chi connectivity index (χ0v) is 10.7. The Morgan fingerprint density at radius 2 is 2.22 bits per heavy atom. The molecular weight excluding hydrogens is 260 g/mol. The lowest BCUT2D eigenvalue weighted by molar-refractivity contribution is -0.217. The fraction of sp³-hybridized carbons (Fsp3) is 0.333. The average molecular weight is 273 g/mol. The number of halogens is 1. The summed E-state index contributed by atoms with van der Waals surface area (Å²) in [7, 11) is 1.36. The number of hydrogen-bond donors (Lipinski definition) is 1. The summed E-state index contributed by atoms with van der Waals surface area (Å²) in [6.45, 7) is 1.18. The lowest BCUT2D eigenvalue weighted by Gasteiger charge is -2.32. The van der Waals surface area contributed by atoms with Gasteiger partial charge in [0, 0.05) is 14.0 Å². The van der Waals surface area contributed by atoms with Gasteiger partial charge in [-0.2, -0.15) is 0 Å². The zero-order valence-electron chi connectivity index (χ0n) is 9.92. The minimum Gasteiger partial charge on any atom is -0.426 e. The third-order valence-corrected chi connectivity index (χ3v) is 2.36. The number of carbonyl (C=O) groups excluding carboxylic acids is 2. The maximum absolute atomic E-state index is 10.9. The summed E-state index contributed by atoms with van der Waals surface area (Å²) >= 11 is 5.17. The molecule has 98 valence electrons. The molecule has 0 radical (unpaired) electrons. The van der Waals surface area contributed by atoms with E-state index in [0.717, 1.165) is 0 Å². The van der Waals surface area contributed by atoms with Crippen molar-refractivity contribution in [1.29, 1.82) is 0 Å². The number of allylic oxidation sites excluding steroid dienone is 4. The number of aliphatic hydroxyl groups is 1. The first-order valence-corrected chi connectivity index (χ1v) is 5.48. The zero-order chi connectivity index (χ0) is 13.8. The predicted octanol–water partition coefficient (Wildman–Crippen LogP) is 1.07. The van der Waals surface area contributed by atoms with Gasteiger partial charge in [-0.05, 0) is 35.4 Å². The van der Waals surface area contributed by atoms with Gasteiger partial charge in [0.25, 0.3) is 5.79 Å². The molecule has 0 aromatic heterocycles. The molecule has 2 unspecified atom stereocenters. The van der Waals surface area contributed by atoms with Crippen LogP contribution < -0.4 is 0 Å². The molecule has 1 aliphatic rings. The van der Waals surface area contributed by atoms with E-state index in [1.807, 2.05) is 0 Å². The van der Waals surface area contributed by atoms with Crippen LogP contribution in [0.3, 0.4) is 0 Å². The summed E-state index contributed by atoms with van der Waals surface area (Å²) < 4.78 is 9.84. The minimum atomic E-state index is -1.84. The molecule has 0 fully saturated rings. The molecule has 6 heteroatoms. The molecule has 0 bridgehead atoms. The van der Waals surface area contributed by atoms with Crippen LogP contribution >= 0.6 is 11.6 Å². The van der Waals surface area contributed by atoms with E-state index in [1.165, 1.54) is 44.4 Å². The van der Waals surface area contributed by atoms with Gasteiger partial charge < -0.3 is 14.6 Å². The van der Waals surface area contributed by atoms with Crippen LogP contribution in [-0.2, 0) is 19.1 Å². The van der Waals surface area contributed by atoms with E-state index in [-0.39, 0.29) is 0 Å². The van der Waals surface area contributed by atoms with Crippen molar-refractivity contribution in [3.05, 3.63) is 36.0 Å². The quantitative estimate of drug-likeness (QED) is 0.359. The summed E-state index contributed by atoms with van der Waals surface area (Å²) in [6.07, 6.45) is 6.05. The van der Waals surface area contributed by atoms with Crippen LogP contribution in [0.25, 0.3) is 0 Å². The highest BCUT2D eigenvalue weighted by Gasteiger charge is 2.38. The van der Waals surface area contributed by atoms with Gasteiger partial charge in [0.15, 0.2) is 0 Å². The Kier molecular flexibility index (Phi) is 4.84. The molecule has 0 amide bonds. The fourth-order valence-corrected chi connectivity index (χ4v) is 1.56. The van der Waals surface area contributed by atoms with E-state index in [2.05, 4.69) is 0 Å². The molecule has 5 nitrogen and oxygen atoms in total. The molecule has 0 saturated carbocycles. The van der Waals surface area contributed by atoms with Gasteiger partial charge in [0.2, 0.25) is 5.24 Å². The van der Waals surface area contributed by atoms with Crippen LogP contribution in [0.5, 0.6) is 0 Å². The van der Waals surface area contributed by atoms with E-state index >= 15 is 0 Å². The van der Waals surface area contributed by atoms with Crippen LogP contribution in [0.2, 0.25) is 0 Å². The Morgan fingerprint density at radius 1 is 1.56 bits per heavy atom. The lowest BCUT2D eigenvalue weighted by Crippen LogP contribution is -2.45. The summed E-state index contributed by atoms with van der Waals surface area (Å²) in [4.78, 5) is 21.5. The Morgan fingerprint density at radius 3 is 2.72 bits per heavy atom. The van der Waals surface area contributed by atoms with Gasteiger partial charge in [-0.15, -0.1) is 0 Å². The van der Waals surface area contributed by atoms with Gasteiger partial charge in [-0.3, -0.25) is 9.59 Å². The standard InChI is InChI=1S/C12H13ClO5/c1-8(14)18-12(16)6-5-9(3-4-11(13)15)7-10(12)17-2/h3-7,10,16H,1-2H3/b4-3+. The first-order chi connectivity index (χ1) is 8.37. The number of ether oxygens (including phenoxy) is 2. The van der Waals surface area contributed by atoms with E-state index in [1.54, 1.807) is 0 Å². The monoisotopic (exact) mass is 272 g/mol. The fourth-order valence-electron chi connectivity index (χ4n) is 1.49. The van der Waals surface area contributed by atoms with Crippen LogP contribution in [-0.4, -0.2) is 35.3 Å². The molecule has 0 aromatic rings. The minimum absolute atomic E-state index is 0.604. The Hall–Kier alpha value is -1.43. The van der Waals surface area contributed by atoms with Crippen molar-refractivity contribution < 1.29 is 24.2 Å². The molecule has 1 aliphatic carbocycles. The van der Waals surface area contributed by atoms with Crippen molar-refractivity contribution in [1.82, 2.24) is 0 Å². The second-order valence-electron chi connectivity index (χ2n) is 3.64. The number of methoxy groups -OCH3 is 1. The van der Waals surface area contributed by atoms with Gasteiger partial charge >= 0.3 is 5.97 Å². The third-order valence-electron chi connectivity index (χ3n) is 2.23. The molecule has 1 rings (SSSR count). The second kappa shape index (κ2) is 5.95. The van der Waals surface area contributed by atoms with Crippen LogP contribution in [0.15, 0.2) is 36.0 Å². The van der Waals surface area contributed by atoms with Gasteiger partial charge in [-0.25, -0.2) is 0 Å². The largest absolute Gasteiger partial charge is 0.426 e. The van der Waals surface area contributed by atoms with Crippen molar-refractivity contribution >= 4 is 22.8 Å². The van der Waals surface area contributed by atoms with Crippen LogP contribution in [0.1, 0.15) is 6.92 Å². The maximum Gasteiger partial charge on any atom is 0.305 e. The molecule has 2 atom stereocenters. The average Bonchev–Trinajstić information content (AvgIpc) is 2.26. The van der Waals surface area contributed by atoms with Gasteiger partial charge in [0.05, 0.1) is 0 Å². The Bertz CT molecular complexity index is 438. The molecule has 1 N–H and O–H groups in total. The van der Waals surface area contributed by atoms with Crippen molar-refractivity contribution in [3.63, 3.8) is 0 Å². The maximum atomic E-state index is 10.9. The van der Waals surface area contributed by atoms with E-state index in [4.69, 9.17) is 21.1 Å². The summed E-state index contributed by atoms with van der Waals surface area (Å²) in [5.74, 6) is -2.48. The van der Waals surface area contributed by atoms with Crippen molar-refractivity contribution in [2.45, 2.75) is 18.8 Å². The first kappa shape index (κ1) is 14.6. The van der Waals surface area contributed by atoms with Gasteiger partial charge in [0.1, 0.15) is 6.10 Å². The number of carbonyl (C=O) groups is 2. The molecular formula is C12H13ClO5. The highest BCUT2D eigenvalue weighted by Crippen LogP contribution is 2.25. The van der Waals surface area contributed by atoms with Crippen LogP contribution in [0.4, 0.5) is 0 Å². The van der Waals surface area contributed by atoms with Crippen molar-refractivity contribution in [2.75, 3.05) is 7.11 Å².